The van der Waals surface area contributed by atoms with Gasteiger partial charge in [0.2, 0.25) is 0 Å². The molecule has 3 aliphatic heterocycles. The molecule has 2 aliphatic carbocycles. The number of phenols is 11. The van der Waals surface area contributed by atoms with Crippen LogP contribution in [0.1, 0.15) is 125 Å². The zero-order chi connectivity index (χ0) is 53.8. The number of aliphatic hydroxyl groups is 1. The lowest BCUT2D eigenvalue weighted by Gasteiger charge is -2.58. The van der Waals surface area contributed by atoms with E-state index in [2.05, 4.69) is 0 Å². The summed E-state index contributed by atoms with van der Waals surface area (Å²) >= 11 is 0. The molecule has 0 unspecified atom stereocenters. The van der Waals surface area contributed by atoms with Gasteiger partial charge >= 0.3 is 0 Å². The quantitative estimate of drug-likeness (QED) is 0.0740. The lowest BCUT2D eigenvalue weighted by molar-refractivity contribution is -0.210. The van der Waals surface area contributed by atoms with Crippen molar-refractivity contribution in [1.82, 2.24) is 0 Å². The van der Waals surface area contributed by atoms with E-state index in [0.717, 1.165) is 5.56 Å². The number of hydrogen-bond acceptors (Lipinski definition) is 14. The summed E-state index contributed by atoms with van der Waals surface area (Å²) in [5.74, 6) is -6.18. The van der Waals surface area contributed by atoms with Crippen LogP contribution >= 0.6 is 0 Å². The van der Waals surface area contributed by atoms with Crippen LogP contribution in [0.25, 0.3) is 0 Å². The third-order valence-corrected chi connectivity index (χ3v) is 17.2. The summed E-state index contributed by atoms with van der Waals surface area (Å²) in [5, 5.41) is 143. The van der Waals surface area contributed by atoms with Crippen LogP contribution in [-0.2, 0) is 22.4 Å². The maximum atomic E-state index is 15.3. The van der Waals surface area contributed by atoms with Crippen molar-refractivity contribution in [3.63, 3.8) is 0 Å². The Morgan fingerprint density at radius 2 is 0.897 bits per heavy atom. The van der Waals surface area contributed by atoms with Gasteiger partial charge in [-0.3, -0.25) is 0 Å². The number of rotatable bonds is 6. The van der Waals surface area contributed by atoms with E-state index < -0.39 is 64.5 Å². The van der Waals surface area contributed by atoms with E-state index >= 15 is 5.11 Å². The average Bonchev–Trinajstić information content (AvgIpc) is 3.95. The molecule has 3 heterocycles. The van der Waals surface area contributed by atoms with Crippen LogP contribution in [0, 0.1) is 0 Å². The van der Waals surface area contributed by atoms with E-state index in [4.69, 9.17) is 9.47 Å². The molecule has 0 fully saturated rings. The maximum absolute atomic E-state index is 15.3. The number of ether oxygens (including phenoxy) is 2. The fourth-order valence-electron chi connectivity index (χ4n) is 14.2. The van der Waals surface area contributed by atoms with Gasteiger partial charge in [-0.05, 0) is 147 Å². The average molecular weight is 1040 g/mol. The summed E-state index contributed by atoms with van der Waals surface area (Å²) in [6.45, 7) is 0. The Morgan fingerprint density at radius 3 is 1.50 bits per heavy atom. The first-order valence-electron chi connectivity index (χ1n) is 25.4. The first kappa shape index (κ1) is 47.0. The number of phenolic OH excluding ortho intramolecular Hbond substituents is 11. The van der Waals surface area contributed by atoms with Crippen molar-refractivity contribution >= 4 is 0 Å². The Balaban J connectivity index is 1.17. The van der Waals surface area contributed by atoms with E-state index in [0.29, 0.717) is 50.1 Å². The number of fused-ring (bicyclic) bond motifs is 8. The van der Waals surface area contributed by atoms with Crippen molar-refractivity contribution in [2.24, 2.45) is 0 Å². The van der Waals surface area contributed by atoms with Crippen LogP contribution in [0.2, 0.25) is 0 Å². The Labute approximate surface area is 444 Å². The highest BCUT2D eigenvalue weighted by Crippen LogP contribution is 2.74. The molecule has 12 N–H and O–H groups in total. The van der Waals surface area contributed by atoms with Crippen LogP contribution in [0.5, 0.6) is 69.0 Å². The van der Waals surface area contributed by atoms with Gasteiger partial charge < -0.3 is 70.8 Å². The van der Waals surface area contributed by atoms with Crippen LogP contribution < -0.4 is 4.74 Å². The Bertz CT molecular complexity index is 3950. The Hall–Kier alpha value is -9.50. The van der Waals surface area contributed by atoms with Crippen molar-refractivity contribution in [2.75, 3.05) is 0 Å². The van der Waals surface area contributed by atoms with E-state index in [-0.39, 0.29) is 91.7 Å². The molecule has 9 aromatic carbocycles. The lowest BCUT2D eigenvalue weighted by atomic mass is 9.57. The van der Waals surface area contributed by atoms with Crippen LogP contribution in [0.15, 0.2) is 164 Å². The highest BCUT2D eigenvalue weighted by molar-refractivity contribution is 5.77. The van der Waals surface area contributed by atoms with Gasteiger partial charge in [-0.25, -0.2) is 0 Å². The second-order valence-electron chi connectivity index (χ2n) is 21.2. The van der Waals surface area contributed by atoms with E-state index in [1.807, 2.05) is 0 Å². The standard InChI is InChI=1S/C64H48O14/c65-34-11-1-29(2-12-34)43-28-45-54-53(43)50(30-3-13-35(66)14-4-30)44-23-40(71)26-48(73)52(44)56-57(54)62(77-60(56)32-7-17-37(68)18-8-32)58(59(45)75)63(76)46-24-39(70)21-22-42(46)61-51(31-5-15-36(67)16-6-31)55-47(25-41(72)27-49(55)74)64(63,78-61)33-9-19-38(69)20-10-33/h1-27,43,50-51,53,56,60-61,65-76H,28H2/t43-,50+,51-,53-,56-,60+,61-,63-,64-/m1/s1. The first-order valence-corrected chi connectivity index (χ1v) is 25.4. The molecule has 0 radical (unpaired) electrons. The van der Waals surface area contributed by atoms with E-state index in [1.54, 1.807) is 84.9 Å². The van der Waals surface area contributed by atoms with E-state index in [1.165, 1.54) is 78.9 Å². The van der Waals surface area contributed by atoms with E-state index in [9.17, 15) is 56.2 Å². The van der Waals surface area contributed by atoms with Gasteiger partial charge in [-0.1, -0.05) is 66.7 Å². The summed E-state index contributed by atoms with van der Waals surface area (Å²) in [6, 6.07) is 41.7. The monoisotopic (exact) mass is 1040 g/mol. The van der Waals surface area contributed by atoms with Crippen molar-refractivity contribution in [2.45, 2.75) is 59.4 Å². The van der Waals surface area contributed by atoms with Crippen molar-refractivity contribution in [1.29, 1.82) is 0 Å². The first-order chi connectivity index (χ1) is 37.5. The summed E-state index contributed by atoms with van der Waals surface area (Å²) in [7, 11) is 0. The summed E-state index contributed by atoms with van der Waals surface area (Å²) < 4.78 is 15.0. The molecule has 14 rings (SSSR count). The Kier molecular flexibility index (Phi) is 9.94. The molecule has 14 heteroatoms. The van der Waals surface area contributed by atoms with Gasteiger partial charge in [0.1, 0.15) is 75.1 Å². The molecule has 9 aromatic rings. The fourth-order valence-corrected chi connectivity index (χ4v) is 14.2. The van der Waals surface area contributed by atoms with Crippen molar-refractivity contribution < 1.29 is 70.8 Å². The topological polar surface area (TPSA) is 261 Å². The zero-order valence-electron chi connectivity index (χ0n) is 41.0. The van der Waals surface area contributed by atoms with Crippen LogP contribution in [0.3, 0.4) is 0 Å². The maximum Gasteiger partial charge on any atom is 0.160 e. The minimum atomic E-state index is -2.78. The molecular weight excluding hydrogens is 993 g/mol. The molecule has 5 aliphatic rings. The zero-order valence-corrected chi connectivity index (χ0v) is 41.0. The largest absolute Gasteiger partial charge is 0.508 e. The third-order valence-electron chi connectivity index (χ3n) is 17.2. The van der Waals surface area contributed by atoms with Gasteiger partial charge in [-0.2, -0.15) is 0 Å². The minimum absolute atomic E-state index is 0.00215. The molecule has 2 bridgehead atoms. The minimum Gasteiger partial charge on any atom is -0.508 e. The third kappa shape index (κ3) is 6.38. The predicted molar refractivity (Wildman–Crippen MR) is 282 cm³/mol. The normalized spacial score (nSPS) is 24.8. The molecule has 78 heavy (non-hydrogen) atoms. The number of aromatic hydroxyl groups is 11. The number of hydrogen-bond donors (Lipinski definition) is 12. The molecule has 0 spiro atoms. The highest BCUT2D eigenvalue weighted by atomic mass is 16.5. The smallest absolute Gasteiger partial charge is 0.160 e. The van der Waals surface area contributed by atoms with Crippen LogP contribution in [-0.4, -0.2) is 61.3 Å². The highest BCUT2D eigenvalue weighted by Gasteiger charge is 2.69. The van der Waals surface area contributed by atoms with Gasteiger partial charge in [0.05, 0.1) is 17.6 Å². The second kappa shape index (κ2) is 16.5. The van der Waals surface area contributed by atoms with Crippen molar-refractivity contribution in [3.8, 4) is 69.0 Å². The van der Waals surface area contributed by atoms with Gasteiger partial charge in [0.25, 0.3) is 0 Å². The predicted octanol–water partition coefficient (Wildman–Crippen LogP) is 10.7. The summed E-state index contributed by atoms with van der Waals surface area (Å²) in [4.78, 5) is 0. The van der Waals surface area contributed by atoms with Gasteiger partial charge in [0, 0.05) is 57.7 Å². The van der Waals surface area contributed by atoms with Crippen molar-refractivity contribution in [3.05, 3.63) is 247 Å². The Morgan fingerprint density at radius 1 is 0.397 bits per heavy atom. The number of benzene rings is 9. The second-order valence-corrected chi connectivity index (χ2v) is 21.2. The summed E-state index contributed by atoms with van der Waals surface area (Å²) in [6.07, 6.45) is -2.13. The SMILES string of the molecule is Oc1ccc([C@H]2c3cc(O)cc(O)c3[C@@H]3c4c(c([C@]5(O)c6cc(O)ccc6[C@H]6O[C@]5(c5ccc(O)cc5)c5cc(O)cc(O)c5[C@H]6c5ccc(O)cc5)c(O)c5c4[C@@H]2[C@@H](c2ccc(O)cc2)C5)O[C@H]3c2ccc(O)cc2)cc1. The molecule has 9 atom stereocenters. The molecule has 388 valence electrons. The van der Waals surface area contributed by atoms with Gasteiger partial charge in [0.15, 0.2) is 11.2 Å². The van der Waals surface area contributed by atoms with Gasteiger partial charge in [-0.15, -0.1) is 0 Å². The van der Waals surface area contributed by atoms with Crippen LogP contribution in [0.4, 0.5) is 0 Å². The molecule has 0 aromatic heterocycles. The molecule has 14 nitrogen and oxygen atoms in total. The molecule has 0 saturated heterocycles. The molecular formula is C64H48O14. The summed E-state index contributed by atoms with van der Waals surface area (Å²) in [5.41, 5.74) is 0.120. The molecule has 0 saturated carbocycles. The lowest BCUT2D eigenvalue weighted by Crippen LogP contribution is -2.59. The fraction of sp³-hybridized carbons (Fsp3) is 0.156. The molecule has 0 amide bonds.